The number of ketones is 1. The molecule has 1 aromatic carbocycles. The van der Waals surface area contributed by atoms with Crippen LogP contribution in [0.2, 0.25) is 0 Å². The number of Topliss-reactive ketones (excluding diaryl/α,β-unsaturated/α-hetero) is 1. The van der Waals surface area contributed by atoms with E-state index < -0.39 is 0 Å². The standard InChI is InChI=1S/C20H27NO5/c22-14-20(8-2-1-3-9-20)13-21-19(24)7-5-16(23)15-4-6-17-18(12-15)26-11-10-25-17/h4,6,12,22H,1-3,5,7-11,13-14H2,(H,21,24). The molecule has 1 saturated carbocycles. The van der Waals surface area contributed by atoms with Crippen LogP contribution in [0, 0.1) is 5.41 Å². The lowest BCUT2D eigenvalue weighted by Gasteiger charge is -2.35. The Morgan fingerprint density at radius 3 is 2.50 bits per heavy atom. The zero-order valence-electron chi connectivity index (χ0n) is 15.1. The molecule has 0 atom stereocenters. The maximum atomic E-state index is 12.3. The van der Waals surface area contributed by atoms with E-state index >= 15 is 0 Å². The summed E-state index contributed by atoms with van der Waals surface area (Å²) in [7, 11) is 0. The van der Waals surface area contributed by atoms with Crippen LogP contribution in [-0.2, 0) is 4.79 Å². The van der Waals surface area contributed by atoms with Crippen molar-refractivity contribution in [1.82, 2.24) is 5.32 Å². The minimum atomic E-state index is -0.187. The first-order chi connectivity index (χ1) is 12.6. The van der Waals surface area contributed by atoms with E-state index in [0.717, 1.165) is 25.7 Å². The number of carbonyl (C=O) groups excluding carboxylic acids is 2. The van der Waals surface area contributed by atoms with Crippen LogP contribution in [0.1, 0.15) is 55.3 Å². The summed E-state index contributed by atoms with van der Waals surface area (Å²) in [5.74, 6) is 0.988. The van der Waals surface area contributed by atoms with E-state index in [1.807, 2.05) is 0 Å². The summed E-state index contributed by atoms with van der Waals surface area (Å²) in [4.78, 5) is 24.5. The van der Waals surface area contributed by atoms with Crippen molar-refractivity contribution in [1.29, 1.82) is 0 Å². The lowest BCUT2D eigenvalue weighted by atomic mass is 9.74. The molecule has 1 heterocycles. The number of hydrogen-bond donors (Lipinski definition) is 2. The van der Waals surface area contributed by atoms with Crippen LogP contribution < -0.4 is 14.8 Å². The first kappa shape index (κ1) is 18.7. The molecule has 2 N–H and O–H groups in total. The highest BCUT2D eigenvalue weighted by molar-refractivity contribution is 5.98. The van der Waals surface area contributed by atoms with Crippen molar-refractivity contribution in [2.24, 2.45) is 5.41 Å². The predicted octanol–water partition coefficient (Wildman–Crippen LogP) is 2.48. The molecule has 0 radical (unpaired) electrons. The van der Waals surface area contributed by atoms with E-state index in [0.29, 0.717) is 36.8 Å². The number of fused-ring (bicyclic) bond motifs is 1. The predicted molar refractivity (Wildman–Crippen MR) is 96.6 cm³/mol. The summed E-state index contributed by atoms with van der Waals surface area (Å²) < 4.78 is 10.9. The van der Waals surface area contributed by atoms with Crippen molar-refractivity contribution in [2.75, 3.05) is 26.4 Å². The number of rotatable bonds is 7. The van der Waals surface area contributed by atoms with Gasteiger partial charge in [0.05, 0.1) is 6.61 Å². The molecule has 1 aliphatic carbocycles. The summed E-state index contributed by atoms with van der Waals surface area (Å²) in [6.07, 6.45) is 5.57. The number of carbonyl (C=O) groups is 2. The Morgan fingerprint density at radius 2 is 1.77 bits per heavy atom. The van der Waals surface area contributed by atoms with E-state index in [1.54, 1.807) is 18.2 Å². The Bertz CT molecular complexity index is 652. The SMILES string of the molecule is O=C(CCC(=O)c1ccc2c(c1)OCCO2)NCC1(CO)CCCCC1. The molecule has 0 unspecified atom stereocenters. The molecular formula is C20H27NO5. The third kappa shape index (κ3) is 4.55. The average molecular weight is 361 g/mol. The Labute approximate surface area is 153 Å². The van der Waals surface area contributed by atoms with Gasteiger partial charge >= 0.3 is 0 Å². The van der Waals surface area contributed by atoms with Gasteiger partial charge in [-0.25, -0.2) is 0 Å². The van der Waals surface area contributed by atoms with Gasteiger partial charge in [-0.3, -0.25) is 9.59 Å². The van der Waals surface area contributed by atoms with Crippen LogP contribution in [0.25, 0.3) is 0 Å². The molecule has 6 heteroatoms. The lowest BCUT2D eigenvalue weighted by molar-refractivity contribution is -0.121. The molecule has 3 rings (SSSR count). The highest BCUT2D eigenvalue weighted by Gasteiger charge is 2.31. The number of amides is 1. The molecular weight excluding hydrogens is 334 g/mol. The highest BCUT2D eigenvalue weighted by Crippen LogP contribution is 2.35. The number of ether oxygens (including phenoxy) is 2. The van der Waals surface area contributed by atoms with Gasteiger partial charge in [-0.2, -0.15) is 0 Å². The number of nitrogens with one attached hydrogen (secondary N) is 1. The number of aliphatic hydroxyl groups excluding tert-OH is 1. The minimum Gasteiger partial charge on any atom is -0.486 e. The Balaban J connectivity index is 1.47. The van der Waals surface area contributed by atoms with E-state index in [-0.39, 0.29) is 36.6 Å². The maximum Gasteiger partial charge on any atom is 0.220 e. The van der Waals surface area contributed by atoms with Crippen molar-refractivity contribution in [3.8, 4) is 11.5 Å². The first-order valence-electron chi connectivity index (χ1n) is 9.42. The molecule has 1 aliphatic heterocycles. The number of hydrogen-bond acceptors (Lipinski definition) is 5. The molecule has 2 aliphatic rings. The summed E-state index contributed by atoms with van der Waals surface area (Å²) in [6.45, 7) is 1.57. The largest absolute Gasteiger partial charge is 0.486 e. The van der Waals surface area contributed by atoms with Crippen LogP contribution in [0.5, 0.6) is 11.5 Å². The summed E-state index contributed by atoms with van der Waals surface area (Å²) in [5.41, 5.74) is 0.342. The van der Waals surface area contributed by atoms with Crippen LogP contribution in [-0.4, -0.2) is 43.2 Å². The molecule has 6 nitrogen and oxygen atoms in total. The molecule has 1 aromatic rings. The van der Waals surface area contributed by atoms with Gasteiger partial charge in [0.25, 0.3) is 0 Å². The summed E-state index contributed by atoms with van der Waals surface area (Å²) in [6, 6.07) is 5.12. The Morgan fingerprint density at radius 1 is 1.04 bits per heavy atom. The van der Waals surface area contributed by atoms with E-state index in [1.165, 1.54) is 6.42 Å². The lowest BCUT2D eigenvalue weighted by Crippen LogP contribution is -2.41. The second kappa shape index (κ2) is 8.54. The minimum absolute atomic E-state index is 0.0911. The van der Waals surface area contributed by atoms with Crippen molar-refractivity contribution >= 4 is 11.7 Å². The topological polar surface area (TPSA) is 84.9 Å². The average Bonchev–Trinajstić information content (AvgIpc) is 2.70. The first-order valence-corrected chi connectivity index (χ1v) is 9.42. The molecule has 26 heavy (non-hydrogen) atoms. The normalized spacial score (nSPS) is 18.2. The molecule has 0 aromatic heterocycles. The van der Waals surface area contributed by atoms with Gasteiger partial charge in [-0.1, -0.05) is 19.3 Å². The number of aliphatic hydroxyl groups is 1. The quantitative estimate of drug-likeness (QED) is 0.729. The van der Waals surface area contributed by atoms with Crippen LogP contribution >= 0.6 is 0 Å². The van der Waals surface area contributed by atoms with Gasteiger partial charge in [-0.15, -0.1) is 0 Å². The van der Waals surface area contributed by atoms with Crippen molar-refractivity contribution in [3.05, 3.63) is 23.8 Å². The van der Waals surface area contributed by atoms with E-state index in [4.69, 9.17) is 9.47 Å². The second-order valence-electron chi connectivity index (χ2n) is 7.28. The van der Waals surface area contributed by atoms with Gasteiger partial charge < -0.3 is 19.9 Å². The van der Waals surface area contributed by atoms with Gasteiger partial charge in [-0.05, 0) is 31.0 Å². The van der Waals surface area contributed by atoms with Crippen molar-refractivity contribution in [3.63, 3.8) is 0 Å². The Hall–Kier alpha value is -2.08. The fourth-order valence-electron chi connectivity index (χ4n) is 3.66. The van der Waals surface area contributed by atoms with Gasteiger partial charge in [0.1, 0.15) is 13.2 Å². The van der Waals surface area contributed by atoms with Crippen molar-refractivity contribution < 1.29 is 24.2 Å². The van der Waals surface area contributed by atoms with Gasteiger partial charge in [0.15, 0.2) is 17.3 Å². The highest BCUT2D eigenvalue weighted by atomic mass is 16.6. The smallest absolute Gasteiger partial charge is 0.220 e. The molecule has 0 bridgehead atoms. The number of benzene rings is 1. The second-order valence-corrected chi connectivity index (χ2v) is 7.28. The monoisotopic (exact) mass is 361 g/mol. The molecule has 142 valence electrons. The summed E-state index contributed by atoms with van der Waals surface area (Å²) in [5, 5.41) is 12.6. The zero-order chi connectivity index (χ0) is 18.4. The maximum absolute atomic E-state index is 12.3. The fraction of sp³-hybridized carbons (Fsp3) is 0.600. The molecule has 1 fully saturated rings. The van der Waals surface area contributed by atoms with E-state index in [2.05, 4.69) is 5.32 Å². The van der Waals surface area contributed by atoms with Gasteiger partial charge in [0.2, 0.25) is 5.91 Å². The third-order valence-electron chi connectivity index (χ3n) is 5.35. The third-order valence-corrected chi connectivity index (χ3v) is 5.35. The van der Waals surface area contributed by atoms with Crippen LogP contribution in [0.3, 0.4) is 0 Å². The van der Waals surface area contributed by atoms with Crippen molar-refractivity contribution in [2.45, 2.75) is 44.9 Å². The Kier molecular flexibility index (Phi) is 6.14. The molecule has 0 saturated heterocycles. The fourth-order valence-corrected chi connectivity index (χ4v) is 3.66. The zero-order valence-corrected chi connectivity index (χ0v) is 15.1. The molecule has 0 spiro atoms. The summed E-state index contributed by atoms with van der Waals surface area (Å²) >= 11 is 0. The van der Waals surface area contributed by atoms with E-state index in [9.17, 15) is 14.7 Å². The van der Waals surface area contributed by atoms with Gasteiger partial charge in [0, 0.05) is 30.4 Å². The van der Waals surface area contributed by atoms with Crippen LogP contribution in [0.15, 0.2) is 18.2 Å². The molecule has 1 amide bonds. The van der Waals surface area contributed by atoms with Crippen LogP contribution in [0.4, 0.5) is 0 Å².